The highest BCUT2D eigenvalue weighted by molar-refractivity contribution is 7.87. The van der Waals surface area contributed by atoms with Crippen molar-refractivity contribution in [3.63, 3.8) is 0 Å². The highest BCUT2D eigenvalue weighted by Crippen LogP contribution is 2.27. The van der Waals surface area contributed by atoms with Crippen LogP contribution in [0.2, 0.25) is 0 Å². The Kier molecular flexibility index (Phi) is 5.32. The molecule has 0 aliphatic rings. The van der Waals surface area contributed by atoms with Crippen LogP contribution in [0.3, 0.4) is 0 Å². The van der Waals surface area contributed by atoms with Crippen LogP contribution in [0.1, 0.15) is 26.3 Å². The average molecular weight is 259 g/mol. The van der Waals surface area contributed by atoms with E-state index in [-0.39, 0.29) is 12.1 Å². The van der Waals surface area contributed by atoms with E-state index in [0.29, 0.717) is 6.42 Å². The number of hydrogen-bond acceptors (Lipinski definition) is 3. The van der Waals surface area contributed by atoms with E-state index >= 15 is 0 Å². The van der Waals surface area contributed by atoms with E-state index in [2.05, 4.69) is 0 Å². The van der Waals surface area contributed by atoms with Crippen LogP contribution in [-0.4, -0.2) is 17.7 Å². The molecule has 1 atom stereocenters. The summed E-state index contributed by atoms with van der Waals surface area (Å²) in [5.74, 6) is -0.211. The standard InChI is InChI=1S/C12H18O3S.H3N/c1-10(12(2,3)16(13,14)15)9-11-7-5-4-6-8-11;/h4-8,10H,9H2,1-3H3,(H,13,14,15);1H3. The first kappa shape index (κ1) is 16.1. The van der Waals surface area contributed by atoms with Gasteiger partial charge in [0.1, 0.15) is 10.1 Å². The van der Waals surface area contributed by atoms with Gasteiger partial charge in [0, 0.05) is 0 Å². The summed E-state index contributed by atoms with van der Waals surface area (Å²) in [6.45, 7) is 4.77. The van der Waals surface area contributed by atoms with Crippen molar-refractivity contribution in [1.29, 1.82) is 0 Å². The van der Waals surface area contributed by atoms with Crippen molar-refractivity contribution in [2.24, 2.45) is 5.92 Å². The zero-order chi connectivity index (χ0) is 12.4. The Morgan fingerprint density at radius 3 is 2.12 bits per heavy atom. The monoisotopic (exact) mass is 259 g/mol. The molecule has 0 bridgehead atoms. The molecule has 0 radical (unpaired) electrons. The molecule has 1 rings (SSSR count). The SMILES string of the molecule is CC(Cc1ccccc1)C(C)(C)S(=O)(=O)[O-].[NH4+]. The van der Waals surface area contributed by atoms with Crippen LogP contribution >= 0.6 is 0 Å². The second-order valence-corrected chi connectivity index (χ2v) is 6.61. The molecular weight excluding hydrogens is 238 g/mol. The van der Waals surface area contributed by atoms with Crippen molar-refractivity contribution in [3.05, 3.63) is 35.9 Å². The summed E-state index contributed by atoms with van der Waals surface area (Å²) in [7, 11) is -4.27. The van der Waals surface area contributed by atoms with Gasteiger partial charge >= 0.3 is 0 Å². The Labute approximate surface area is 103 Å². The molecule has 1 unspecified atom stereocenters. The minimum atomic E-state index is -4.27. The van der Waals surface area contributed by atoms with Crippen LogP contribution in [0.25, 0.3) is 0 Å². The summed E-state index contributed by atoms with van der Waals surface area (Å²) in [6.07, 6.45) is 0.593. The molecule has 17 heavy (non-hydrogen) atoms. The number of benzene rings is 1. The Morgan fingerprint density at radius 2 is 1.71 bits per heavy atom. The Bertz CT molecular complexity index is 440. The zero-order valence-corrected chi connectivity index (χ0v) is 11.6. The molecule has 1 aromatic rings. The molecule has 0 fully saturated rings. The third kappa shape index (κ3) is 3.80. The van der Waals surface area contributed by atoms with Crippen LogP contribution in [-0.2, 0) is 16.5 Å². The van der Waals surface area contributed by atoms with E-state index in [1.54, 1.807) is 6.92 Å². The molecule has 0 saturated carbocycles. The molecule has 0 aliphatic heterocycles. The molecule has 0 amide bonds. The van der Waals surface area contributed by atoms with Crippen molar-refractivity contribution in [2.45, 2.75) is 31.9 Å². The quantitative estimate of drug-likeness (QED) is 0.842. The van der Waals surface area contributed by atoms with E-state index in [1.807, 2.05) is 30.3 Å². The summed E-state index contributed by atoms with van der Waals surface area (Å²) in [5.41, 5.74) is 1.05. The lowest BCUT2D eigenvalue weighted by Crippen LogP contribution is -2.39. The Morgan fingerprint density at radius 1 is 1.24 bits per heavy atom. The lowest BCUT2D eigenvalue weighted by molar-refractivity contribution is 0.365. The predicted octanol–water partition coefficient (Wildman–Crippen LogP) is 2.57. The third-order valence-corrected chi connectivity index (χ3v) is 4.91. The molecule has 0 saturated heterocycles. The van der Waals surface area contributed by atoms with Crippen LogP contribution in [0, 0.1) is 5.92 Å². The van der Waals surface area contributed by atoms with Gasteiger partial charge in [0.05, 0.1) is 4.75 Å². The van der Waals surface area contributed by atoms with Crippen LogP contribution in [0.4, 0.5) is 0 Å². The maximum atomic E-state index is 11.1. The Balaban J connectivity index is 0.00000256. The molecule has 0 aromatic heterocycles. The third-order valence-electron chi connectivity index (χ3n) is 3.22. The van der Waals surface area contributed by atoms with Crippen molar-refractivity contribution in [2.75, 3.05) is 0 Å². The molecular formula is C12H21NO3S. The van der Waals surface area contributed by atoms with Gasteiger partial charge in [-0.05, 0) is 31.7 Å². The van der Waals surface area contributed by atoms with E-state index in [1.165, 1.54) is 13.8 Å². The molecule has 0 heterocycles. The van der Waals surface area contributed by atoms with Gasteiger partial charge in [0.15, 0.2) is 0 Å². The van der Waals surface area contributed by atoms with Gasteiger partial charge in [-0.3, -0.25) is 0 Å². The molecule has 0 aliphatic carbocycles. The summed E-state index contributed by atoms with van der Waals surface area (Å²) in [5, 5.41) is 0. The molecule has 0 spiro atoms. The fourth-order valence-corrected chi connectivity index (χ4v) is 2.04. The largest absolute Gasteiger partial charge is 0.748 e. The molecule has 4 N–H and O–H groups in total. The van der Waals surface area contributed by atoms with Crippen LogP contribution < -0.4 is 6.15 Å². The first-order chi connectivity index (χ1) is 7.25. The summed E-state index contributed by atoms with van der Waals surface area (Å²) < 4.78 is 32.2. The molecule has 5 heteroatoms. The minimum absolute atomic E-state index is 0. The van der Waals surface area contributed by atoms with Gasteiger partial charge in [-0.1, -0.05) is 37.3 Å². The fourth-order valence-electron chi connectivity index (χ4n) is 1.46. The second-order valence-electron chi connectivity index (χ2n) is 4.65. The van der Waals surface area contributed by atoms with E-state index < -0.39 is 14.9 Å². The summed E-state index contributed by atoms with van der Waals surface area (Å²) in [6, 6.07) is 9.58. The van der Waals surface area contributed by atoms with Crippen LogP contribution in [0.5, 0.6) is 0 Å². The Hall–Kier alpha value is -0.910. The van der Waals surface area contributed by atoms with Crippen molar-refractivity contribution in [3.8, 4) is 0 Å². The fraction of sp³-hybridized carbons (Fsp3) is 0.500. The summed E-state index contributed by atoms with van der Waals surface area (Å²) >= 11 is 0. The van der Waals surface area contributed by atoms with Gasteiger partial charge in [-0.15, -0.1) is 0 Å². The highest BCUT2D eigenvalue weighted by Gasteiger charge is 2.32. The van der Waals surface area contributed by atoms with E-state index in [9.17, 15) is 13.0 Å². The van der Waals surface area contributed by atoms with Crippen molar-refractivity contribution < 1.29 is 13.0 Å². The average Bonchev–Trinajstić information content (AvgIpc) is 2.17. The molecule has 4 nitrogen and oxygen atoms in total. The highest BCUT2D eigenvalue weighted by atomic mass is 32.2. The smallest absolute Gasteiger partial charge is 0.100 e. The maximum Gasteiger partial charge on any atom is 0.100 e. The summed E-state index contributed by atoms with van der Waals surface area (Å²) in [4.78, 5) is 0. The van der Waals surface area contributed by atoms with Crippen molar-refractivity contribution >= 4 is 10.1 Å². The van der Waals surface area contributed by atoms with Gasteiger partial charge in [-0.2, -0.15) is 0 Å². The second kappa shape index (κ2) is 5.62. The topological polar surface area (TPSA) is 93.7 Å². The van der Waals surface area contributed by atoms with E-state index in [4.69, 9.17) is 0 Å². The minimum Gasteiger partial charge on any atom is -0.748 e. The van der Waals surface area contributed by atoms with Crippen molar-refractivity contribution in [1.82, 2.24) is 6.15 Å². The zero-order valence-electron chi connectivity index (χ0n) is 10.8. The van der Waals surface area contributed by atoms with E-state index in [0.717, 1.165) is 5.56 Å². The first-order valence-electron chi connectivity index (χ1n) is 5.24. The van der Waals surface area contributed by atoms with Crippen LogP contribution in [0.15, 0.2) is 30.3 Å². The molecule has 98 valence electrons. The number of hydrogen-bond donors (Lipinski definition) is 1. The van der Waals surface area contributed by atoms with Gasteiger partial charge in [-0.25, -0.2) is 8.42 Å². The van der Waals surface area contributed by atoms with Gasteiger partial charge in [0.25, 0.3) is 0 Å². The predicted molar refractivity (Wildman–Crippen MR) is 69.1 cm³/mol. The van der Waals surface area contributed by atoms with Gasteiger partial charge in [0.2, 0.25) is 0 Å². The van der Waals surface area contributed by atoms with Gasteiger partial charge < -0.3 is 10.7 Å². The number of quaternary nitrogens is 1. The lowest BCUT2D eigenvalue weighted by atomic mass is 9.90. The lowest BCUT2D eigenvalue weighted by Gasteiger charge is -2.34. The normalized spacial score (nSPS) is 13.9. The maximum absolute atomic E-state index is 11.1. The first-order valence-corrected chi connectivity index (χ1v) is 6.65. The molecule has 1 aromatic carbocycles. The number of rotatable bonds is 4.